The van der Waals surface area contributed by atoms with E-state index in [0.717, 1.165) is 11.6 Å². The van der Waals surface area contributed by atoms with E-state index in [2.05, 4.69) is 25.0 Å². The van der Waals surface area contributed by atoms with Crippen molar-refractivity contribution < 1.29 is 28.7 Å². The zero-order valence-electron chi connectivity index (χ0n) is 21.1. The van der Waals surface area contributed by atoms with E-state index in [4.69, 9.17) is 14.3 Å². The highest BCUT2D eigenvalue weighted by molar-refractivity contribution is 6.76. The molecule has 0 aliphatic rings. The van der Waals surface area contributed by atoms with Gasteiger partial charge in [0.1, 0.15) is 18.2 Å². The van der Waals surface area contributed by atoms with Crippen molar-refractivity contribution in [3.8, 4) is 0 Å². The molecule has 1 aromatic carbocycles. The van der Waals surface area contributed by atoms with Crippen molar-refractivity contribution in [2.24, 2.45) is 0 Å². The molecule has 0 spiro atoms. The highest BCUT2D eigenvalue weighted by atomic mass is 28.3. The van der Waals surface area contributed by atoms with Crippen LogP contribution in [0, 0.1) is 0 Å². The van der Waals surface area contributed by atoms with Gasteiger partial charge >= 0.3 is 12.1 Å². The molecule has 8 nitrogen and oxygen atoms in total. The van der Waals surface area contributed by atoms with Gasteiger partial charge < -0.3 is 14.8 Å². The molecule has 0 fully saturated rings. The lowest BCUT2D eigenvalue weighted by molar-refractivity contribution is -0.182. The highest BCUT2D eigenvalue weighted by Gasteiger charge is 2.26. The standard InChI is InChI=1S/C24H40N2O6Si/c1-19(27)26(31-16-17-33(5,6)7)15-11-14-21(25-23(29)32-24(2,3)4)22(28)30-18-20-12-9-8-10-13-20/h8-10,12-13,21H,11,14-18H2,1-7H3,(H,25,29)/t21-/m0/s1. The Balaban J connectivity index is 2.69. The smallest absolute Gasteiger partial charge is 0.408 e. The van der Waals surface area contributed by atoms with Gasteiger partial charge in [0.25, 0.3) is 0 Å². The third-order valence-electron chi connectivity index (χ3n) is 4.50. The van der Waals surface area contributed by atoms with E-state index in [1.807, 2.05) is 30.3 Å². The van der Waals surface area contributed by atoms with E-state index in [9.17, 15) is 14.4 Å². The predicted molar refractivity (Wildman–Crippen MR) is 130 cm³/mol. The van der Waals surface area contributed by atoms with Crippen molar-refractivity contribution in [2.45, 2.75) is 84.5 Å². The first-order valence-electron chi connectivity index (χ1n) is 11.4. The van der Waals surface area contributed by atoms with Crippen LogP contribution in [0.4, 0.5) is 4.79 Å². The minimum atomic E-state index is -1.28. The fraction of sp³-hybridized carbons (Fsp3) is 0.625. The topological polar surface area (TPSA) is 94.2 Å². The molecule has 9 heteroatoms. The molecule has 2 amide bonds. The zero-order chi connectivity index (χ0) is 25.1. The number of benzene rings is 1. The van der Waals surface area contributed by atoms with Gasteiger partial charge in [0.05, 0.1) is 6.61 Å². The molecular weight excluding hydrogens is 440 g/mol. The van der Waals surface area contributed by atoms with E-state index in [-0.39, 0.29) is 18.9 Å². The van der Waals surface area contributed by atoms with Crippen LogP contribution in [0.2, 0.25) is 25.7 Å². The van der Waals surface area contributed by atoms with Crippen LogP contribution in [0.3, 0.4) is 0 Å². The summed E-state index contributed by atoms with van der Waals surface area (Å²) < 4.78 is 10.7. The monoisotopic (exact) mass is 480 g/mol. The van der Waals surface area contributed by atoms with Crippen LogP contribution in [0.1, 0.15) is 46.1 Å². The number of nitrogens with one attached hydrogen (secondary N) is 1. The summed E-state index contributed by atoms with van der Waals surface area (Å²) in [6.45, 7) is 14.3. The Hall–Kier alpha value is -2.39. The Bertz CT molecular complexity index is 758. The molecule has 0 saturated heterocycles. The lowest BCUT2D eigenvalue weighted by Crippen LogP contribution is -2.44. The van der Waals surface area contributed by atoms with Gasteiger partial charge in [-0.05, 0) is 45.2 Å². The molecule has 0 aromatic heterocycles. The molecule has 33 heavy (non-hydrogen) atoms. The van der Waals surface area contributed by atoms with Crippen molar-refractivity contribution in [1.82, 2.24) is 10.4 Å². The first-order valence-corrected chi connectivity index (χ1v) is 15.1. The third-order valence-corrected chi connectivity index (χ3v) is 6.21. The van der Waals surface area contributed by atoms with Gasteiger partial charge in [-0.2, -0.15) is 0 Å². The fourth-order valence-corrected chi connectivity index (χ4v) is 3.45. The number of hydrogen-bond acceptors (Lipinski definition) is 6. The highest BCUT2D eigenvalue weighted by Crippen LogP contribution is 2.12. The summed E-state index contributed by atoms with van der Waals surface area (Å²) in [6.07, 6.45) is 0.0144. The Kier molecular flexibility index (Phi) is 11.6. The molecule has 0 radical (unpaired) electrons. The number of esters is 1. The minimum Gasteiger partial charge on any atom is -0.459 e. The van der Waals surface area contributed by atoms with Crippen LogP contribution >= 0.6 is 0 Å². The number of alkyl carbamates (subject to hydrolysis) is 1. The Morgan fingerprint density at radius 1 is 1.09 bits per heavy atom. The van der Waals surface area contributed by atoms with E-state index < -0.39 is 31.8 Å². The van der Waals surface area contributed by atoms with Crippen LogP contribution < -0.4 is 5.32 Å². The number of ether oxygens (including phenoxy) is 2. The van der Waals surface area contributed by atoms with Gasteiger partial charge in [-0.1, -0.05) is 50.0 Å². The first-order chi connectivity index (χ1) is 15.3. The number of nitrogens with zero attached hydrogens (tertiary/aromatic N) is 1. The van der Waals surface area contributed by atoms with Gasteiger partial charge in [-0.3, -0.25) is 9.63 Å². The van der Waals surface area contributed by atoms with Gasteiger partial charge in [-0.15, -0.1) is 0 Å². The number of carbonyl (C=O) groups excluding carboxylic acids is 3. The molecule has 1 N–H and O–H groups in total. The first kappa shape index (κ1) is 28.6. The van der Waals surface area contributed by atoms with Crippen molar-refractivity contribution in [2.75, 3.05) is 13.2 Å². The van der Waals surface area contributed by atoms with Gasteiger partial charge in [0.15, 0.2) is 0 Å². The Morgan fingerprint density at radius 2 is 1.73 bits per heavy atom. The van der Waals surface area contributed by atoms with E-state index >= 15 is 0 Å². The van der Waals surface area contributed by atoms with E-state index in [0.29, 0.717) is 19.6 Å². The number of carbonyl (C=O) groups is 3. The summed E-state index contributed by atoms with van der Waals surface area (Å²) in [7, 11) is -1.28. The molecule has 1 rings (SSSR count). The average Bonchev–Trinajstić information content (AvgIpc) is 2.68. The van der Waals surface area contributed by atoms with Crippen LogP contribution in [-0.4, -0.2) is 55.9 Å². The number of hydrogen-bond donors (Lipinski definition) is 1. The quantitative estimate of drug-likeness (QED) is 0.268. The Labute approximate surface area is 198 Å². The maximum atomic E-state index is 12.7. The summed E-state index contributed by atoms with van der Waals surface area (Å²) in [6, 6.07) is 9.34. The molecular formula is C24H40N2O6Si. The van der Waals surface area contributed by atoms with Crippen molar-refractivity contribution in [1.29, 1.82) is 0 Å². The molecule has 0 aliphatic heterocycles. The molecule has 1 atom stereocenters. The van der Waals surface area contributed by atoms with E-state index in [1.54, 1.807) is 20.8 Å². The summed E-state index contributed by atoms with van der Waals surface area (Å²) in [5, 5.41) is 3.92. The van der Waals surface area contributed by atoms with Crippen LogP contribution in [0.5, 0.6) is 0 Å². The number of amides is 2. The minimum absolute atomic E-state index is 0.103. The molecule has 0 unspecified atom stereocenters. The number of hydroxylamine groups is 2. The van der Waals surface area contributed by atoms with E-state index in [1.165, 1.54) is 12.0 Å². The largest absolute Gasteiger partial charge is 0.459 e. The number of rotatable bonds is 12. The third kappa shape index (κ3) is 13.7. The predicted octanol–water partition coefficient (Wildman–Crippen LogP) is 4.52. The molecule has 0 aliphatic carbocycles. The van der Waals surface area contributed by atoms with Crippen LogP contribution in [-0.2, 0) is 30.5 Å². The molecule has 0 bridgehead atoms. The lowest BCUT2D eigenvalue weighted by Gasteiger charge is -2.25. The second-order valence-electron chi connectivity index (χ2n) is 10.2. The molecule has 1 aromatic rings. The second-order valence-corrected chi connectivity index (χ2v) is 15.8. The molecule has 186 valence electrons. The summed E-state index contributed by atoms with van der Waals surface area (Å²) in [4.78, 5) is 42.6. The van der Waals surface area contributed by atoms with Crippen molar-refractivity contribution in [3.05, 3.63) is 35.9 Å². The molecule has 0 saturated carbocycles. The SMILES string of the molecule is CC(=O)N(CCC[C@H](NC(=O)OC(C)(C)C)C(=O)OCc1ccccc1)OCC[Si](C)(C)C. The lowest BCUT2D eigenvalue weighted by atomic mass is 10.1. The summed E-state index contributed by atoms with van der Waals surface area (Å²) >= 11 is 0. The van der Waals surface area contributed by atoms with Gasteiger partial charge in [0, 0.05) is 21.5 Å². The average molecular weight is 481 g/mol. The van der Waals surface area contributed by atoms with Gasteiger partial charge in [-0.25, -0.2) is 14.7 Å². The summed E-state index contributed by atoms with van der Waals surface area (Å²) in [5.74, 6) is -0.757. The Morgan fingerprint density at radius 3 is 2.27 bits per heavy atom. The van der Waals surface area contributed by atoms with Gasteiger partial charge in [0.2, 0.25) is 5.91 Å². The second kappa shape index (κ2) is 13.3. The zero-order valence-corrected chi connectivity index (χ0v) is 22.1. The normalized spacial score (nSPS) is 12.6. The maximum Gasteiger partial charge on any atom is 0.408 e. The fourth-order valence-electron chi connectivity index (χ4n) is 2.74. The van der Waals surface area contributed by atoms with Crippen LogP contribution in [0.25, 0.3) is 0 Å². The van der Waals surface area contributed by atoms with Crippen LogP contribution in [0.15, 0.2) is 30.3 Å². The molecule has 0 heterocycles. The maximum absolute atomic E-state index is 12.7. The summed E-state index contributed by atoms with van der Waals surface area (Å²) in [5.41, 5.74) is 0.151. The van der Waals surface area contributed by atoms with Crippen molar-refractivity contribution >= 4 is 26.0 Å². The van der Waals surface area contributed by atoms with Crippen molar-refractivity contribution in [3.63, 3.8) is 0 Å².